The van der Waals surface area contributed by atoms with Crippen molar-refractivity contribution >= 4 is 17.7 Å². The molecule has 1 aliphatic heterocycles. The van der Waals surface area contributed by atoms with Gasteiger partial charge in [0.2, 0.25) is 5.91 Å². The maximum absolute atomic E-state index is 12.5. The van der Waals surface area contributed by atoms with Crippen molar-refractivity contribution in [1.82, 2.24) is 15.3 Å². The average molecular weight is 318 g/mol. The predicted molar refractivity (Wildman–Crippen MR) is 83.9 cm³/mol. The molecule has 7 heteroatoms. The van der Waals surface area contributed by atoms with E-state index in [1.807, 2.05) is 0 Å². The molecule has 124 valence electrons. The zero-order chi connectivity index (χ0) is 16.3. The number of piperidine rings is 1. The Morgan fingerprint density at radius 3 is 2.57 bits per heavy atom. The van der Waals surface area contributed by atoms with E-state index in [0.717, 1.165) is 51.0 Å². The first-order valence-electron chi connectivity index (χ1n) is 8.13. The van der Waals surface area contributed by atoms with Crippen LogP contribution >= 0.6 is 0 Å². The van der Waals surface area contributed by atoms with Crippen molar-refractivity contribution in [3.8, 4) is 0 Å². The summed E-state index contributed by atoms with van der Waals surface area (Å²) >= 11 is 0. The third kappa shape index (κ3) is 3.60. The van der Waals surface area contributed by atoms with Crippen LogP contribution in [0.15, 0.2) is 18.6 Å². The minimum Gasteiger partial charge on any atom is -0.481 e. The van der Waals surface area contributed by atoms with Crippen molar-refractivity contribution in [1.29, 1.82) is 0 Å². The lowest BCUT2D eigenvalue weighted by Crippen LogP contribution is -2.56. The average Bonchev–Trinajstić information content (AvgIpc) is 2.53. The second kappa shape index (κ2) is 6.52. The number of hydrogen-bond acceptors (Lipinski definition) is 5. The molecule has 0 bridgehead atoms. The molecule has 0 radical (unpaired) electrons. The smallest absolute Gasteiger partial charge is 0.305 e. The number of nitrogens with zero attached hydrogens (tertiary/aromatic N) is 3. The Balaban J connectivity index is 1.53. The molecular weight excluding hydrogens is 296 g/mol. The van der Waals surface area contributed by atoms with Crippen molar-refractivity contribution in [2.75, 3.05) is 18.0 Å². The first-order chi connectivity index (χ1) is 11.1. The minimum atomic E-state index is -0.845. The number of carboxylic acid groups (broad SMARTS) is 1. The molecule has 1 amide bonds. The molecular formula is C16H22N4O3. The van der Waals surface area contributed by atoms with Gasteiger partial charge in [-0.15, -0.1) is 0 Å². The molecule has 1 saturated heterocycles. The van der Waals surface area contributed by atoms with E-state index in [1.54, 1.807) is 18.6 Å². The fourth-order valence-corrected chi connectivity index (χ4v) is 3.43. The van der Waals surface area contributed by atoms with Gasteiger partial charge < -0.3 is 15.3 Å². The van der Waals surface area contributed by atoms with Gasteiger partial charge in [-0.2, -0.15) is 0 Å². The summed E-state index contributed by atoms with van der Waals surface area (Å²) in [7, 11) is 0. The third-order valence-electron chi connectivity index (χ3n) is 4.93. The van der Waals surface area contributed by atoms with Gasteiger partial charge in [-0.3, -0.25) is 14.6 Å². The summed E-state index contributed by atoms with van der Waals surface area (Å²) < 4.78 is 0. The maximum Gasteiger partial charge on any atom is 0.305 e. The van der Waals surface area contributed by atoms with Gasteiger partial charge in [-0.1, -0.05) is 0 Å². The Labute approximate surface area is 135 Å². The van der Waals surface area contributed by atoms with E-state index in [0.29, 0.717) is 0 Å². The van der Waals surface area contributed by atoms with Crippen molar-refractivity contribution in [3.05, 3.63) is 18.6 Å². The molecule has 2 fully saturated rings. The number of carbonyl (C=O) groups excluding carboxylic acids is 1. The summed E-state index contributed by atoms with van der Waals surface area (Å²) in [5, 5.41) is 12.0. The van der Waals surface area contributed by atoms with Crippen LogP contribution in [-0.4, -0.2) is 45.6 Å². The maximum atomic E-state index is 12.5. The van der Waals surface area contributed by atoms with Gasteiger partial charge in [0.05, 0.1) is 18.2 Å². The van der Waals surface area contributed by atoms with Gasteiger partial charge in [0.25, 0.3) is 0 Å². The molecule has 0 atom stereocenters. The van der Waals surface area contributed by atoms with Crippen LogP contribution in [-0.2, 0) is 9.59 Å². The standard InChI is InChI=1S/C16H22N4O3/c21-14(22)10-16(4-1-5-16)19-15(23)12-2-8-20(9-3-12)13-11-17-6-7-18-13/h6-7,11-12H,1-5,8-10H2,(H,19,23)(H,21,22). The fourth-order valence-electron chi connectivity index (χ4n) is 3.43. The first-order valence-corrected chi connectivity index (χ1v) is 8.13. The van der Waals surface area contributed by atoms with Gasteiger partial charge in [0.15, 0.2) is 0 Å². The summed E-state index contributed by atoms with van der Waals surface area (Å²) in [6.45, 7) is 1.53. The van der Waals surface area contributed by atoms with Gasteiger partial charge in [0.1, 0.15) is 5.82 Å². The summed E-state index contributed by atoms with van der Waals surface area (Å²) in [5.41, 5.74) is -0.509. The molecule has 2 N–H and O–H groups in total. The zero-order valence-electron chi connectivity index (χ0n) is 13.1. The second-order valence-electron chi connectivity index (χ2n) is 6.52. The Morgan fingerprint density at radius 1 is 1.30 bits per heavy atom. The Bertz CT molecular complexity index is 566. The fraction of sp³-hybridized carbons (Fsp3) is 0.625. The van der Waals surface area contributed by atoms with E-state index in [1.165, 1.54) is 0 Å². The Morgan fingerprint density at radius 2 is 2.04 bits per heavy atom. The third-order valence-corrected chi connectivity index (χ3v) is 4.93. The number of carboxylic acids is 1. The number of aromatic nitrogens is 2. The van der Waals surface area contributed by atoms with E-state index in [9.17, 15) is 9.59 Å². The van der Waals surface area contributed by atoms with Crippen LogP contribution in [0.5, 0.6) is 0 Å². The van der Waals surface area contributed by atoms with E-state index in [4.69, 9.17) is 5.11 Å². The Hall–Kier alpha value is -2.18. The van der Waals surface area contributed by atoms with Crippen molar-refractivity contribution < 1.29 is 14.7 Å². The highest BCUT2D eigenvalue weighted by Crippen LogP contribution is 2.35. The number of nitrogens with one attached hydrogen (secondary N) is 1. The van der Waals surface area contributed by atoms with Crippen LogP contribution in [0, 0.1) is 5.92 Å². The molecule has 2 aliphatic rings. The number of aliphatic carboxylic acids is 1. The van der Waals surface area contributed by atoms with Crippen LogP contribution in [0.4, 0.5) is 5.82 Å². The van der Waals surface area contributed by atoms with Crippen LogP contribution < -0.4 is 10.2 Å². The van der Waals surface area contributed by atoms with Gasteiger partial charge in [0, 0.05) is 31.4 Å². The minimum absolute atomic E-state index is 0.00439. The number of hydrogen-bond donors (Lipinski definition) is 2. The lowest BCUT2D eigenvalue weighted by molar-refractivity contribution is -0.141. The van der Waals surface area contributed by atoms with E-state index in [2.05, 4.69) is 20.2 Å². The molecule has 0 unspecified atom stereocenters. The first kappa shape index (κ1) is 15.7. The van der Waals surface area contributed by atoms with Gasteiger partial charge >= 0.3 is 5.97 Å². The molecule has 3 rings (SSSR count). The molecule has 0 spiro atoms. The van der Waals surface area contributed by atoms with Crippen LogP contribution in [0.1, 0.15) is 38.5 Å². The van der Waals surface area contributed by atoms with Crippen molar-refractivity contribution in [3.63, 3.8) is 0 Å². The van der Waals surface area contributed by atoms with Crippen LogP contribution in [0.3, 0.4) is 0 Å². The molecule has 23 heavy (non-hydrogen) atoms. The van der Waals surface area contributed by atoms with E-state index in [-0.39, 0.29) is 18.2 Å². The van der Waals surface area contributed by atoms with E-state index < -0.39 is 11.5 Å². The van der Waals surface area contributed by atoms with Crippen molar-refractivity contribution in [2.45, 2.75) is 44.1 Å². The van der Waals surface area contributed by atoms with E-state index >= 15 is 0 Å². The topological polar surface area (TPSA) is 95.4 Å². The number of carbonyl (C=O) groups is 2. The summed E-state index contributed by atoms with van der Waals surface area (Å²) in [5.74, 6) is -0.0471. The SMILES string of the molecule is O=C(O)CC1(NC(=O)C2CCN(c3cnccn3)CC2)CCC1. The van der Waals surface area contributed by atoms with Crippen LogP contribution in [0.25, 0.3) is 0 Å². The quantitative estimate of drug-likeness (QED) is 0.847. The molecule has 1 saturated carbocycles. The van der Waals surface area contributed by atoms with Gasteiger partial charge in [-0.25, -0.2) is 4.98 Å². The number of rotatable bonds is 5. The molecule has 2 heterocycles. The Kier molecular flexibility index (Phi) is 4.45. The molecule has 1 aromatic heterocycles. The van der Waals surface area contributed by atoms with Crippen molar-refractivity contribution in [2.24, 2.45) is 5.92 Å². The highest BCUT2D eigenvalue weighted by Gasteiger charge is 2.41. The van der Waals surface area contributed by atoms with Crippen LogP contribution in [0.2, 0.25) is 0 Å². The molecule has 1 aliphatic carbocycles. The molecule has 0 aromatic carbocycles. The monoisotopic (exact) mass is 318 g/mol. The number of amides is 1. The molecule has 1 aromatic rings. The molecule has 7 nitrogen and oxygen atoms in total. The largest absolute Gasteiger partial charge is 0.481 e. The van der Waals surface area contributed by atoms with Gasteiger partial charge in [-0.05, 0) is 32.1 Å². The summed E-state index contributed by atoms with van der Waals surface area (Å²) in [6.07, 6.45) is 9.10. The summed E-state index contributed by atoms with van der Waals surface area (Å²) in [4.78, 5) is 34.0. The highest BCUT2D eigenvalue weighted by molar-refractivity contribution is 5.81. The second-order valence-corrected chi connectivity index (χ2v) is 6.52. The number of anilines is 1. The lowest BCUT2D eigenvalue weighted by Gasteiger charge is -2.43. The highest BCUT2D eigenvalue weighted by atomic mass is 16.4. The lowest BCUT2D eigenvalue weighted by atomic mass is 9.74. The predicted octanol–water partition coefficient (Wildman–Crippen LogP) is 1.21. The summed E-state index contributed by atoms with van der Waals surface area (Å²) in [6, 6.07) is 0. The zero-order valence-corrected chi connectivity index (χ0v) is 13.1. The normalized spacial score (nSPS) is 20.6.